The Kier molecular flexibility index (Phi) is 3.27. The molecule has 1 nitrogen and oxygen atoms in total. The van der Waals surface area contributed by atoms with Crippen LogP contribution in [-0.4, -0.2) is 8.96 Å². The standard InChI is InChI=1S/C12H16OS/c1-10(14(13)12(2,3)4)11-8-6-5-7-9-11/h5-9H,1H2,2-4H3/t14-/m1/s1. The monoisotopic (exact) mass is 208 g/mol. The molecule has 0 heterocycles. The van der Waals surface area contributed by atoms with E-state index in [0.717, 1.165) is 5.56 Å². The first-order valence-corrected chi connectivity index (χ1v) is 5.74. The van der Waals surface area contributed by atoms with Crippen LogP contribution >= 0.6 is 0 Å². The third-order valence-corrected chi connectivity index (χ3v) is 3.67. The van der Waals surface area contributed by atoms with Gasteiger partial charge < -0.3 is 0 Å². The summed E-state index contributed by atoms with van der Waals surface area (Å²) in [6, 6.07) is 9.68. The van der Waals surface area contributed by atoms with Gasteiger partial charge in [-0.2, -0.15) is 0 Å². The van der Waals surface area contributed by atoms with Crippen LogP contribution in [0.2, 0.25) is 0 Å². The van der Waals surface area contributed by atoms with Crippen molar-refractivity contribution in [2.75, 3.05) is 0 Å². The molecule has 1 atom stereocenters. The first-order valence-electron chi connectivity index (χ1n) is 4.59. The van der Waals surface area contributed by atoms with Crippen molar-refractivity contribution in [2.45, 2.75) is 25.5 Å². The summed E-state index contributed by atoms with van der Waals surface area (Å²) in [6.45, 7) is 9.76. The number of rotatable bonds is 2. The molecule has 0 saturated heterocycles. The van der Waals surface area contributed by atoms with Crippen LogP contribution in [0.4, 0.5) is 0 Å². The molecule has 0 fully saturated rings. The molecule has 2 heteroatoms. The van der Waals surface area contributed by atoms with Crippen molar-refractivity contribution in [1.82, 2.24) is 0 Å². The van der Waals surface area contributed by atoms with E-state index < -0.39 is 10.8 Å². The Morgan fingerprint density at radius 3 is 2.14 bits per heavy atom. The summed E-state index contributed by atoms with van der Waals surface area (Å²) in [5, 5.41) is 0. The smallest absolute Gasteiger partial charge is 0.0583 e. The average Bonchev–Trinajstić information content (AvgIpc) is 2.15. The van der Waals surface area contributed by atoms with Crippen LogP contribution < -0.4 is 0 Å². The average molecular weight is 208 g/mol. The van der Waals surface area contributed by atoms with E-state index in [1.807, 2.05) is 51.1 Å². The molecule has 0 aliphatic heterocycles. The fourth-order valence-corrected chi connectivity index (χ4v) is 2.19. The van der Waals surface area contributed by atoms with Gasteiger partial charge in [0.1, 0.15) is 0 Å². The summed E-state index contributed by atoms with van der Waals surface area (Å²) in [4.78, 5) is 0.707. The second-order valence-corrected chi connectivity index (χ2v) is 6.43. The summed E-state index contributed by atoms with van der Waals surface area (Å²) in [5.41, 5.74) is 0.959. The van der Waals surface area contributed by atoms with Crippen LogP contribution in [0.5, 0.6) is 0 Å². The van der Waals surface area contributed by atoms with Gasteiger partial charge in [0.05, 0.1) is 10.8 Å². The Bertz CT molecular complexity index is 346. The Morgan fingerprint density at radius 2 is 1.71 bits per heavy atom. The molecule has 0 spiro atoms. The summed E-state index contributed by atoms with van der Waals surface area (Å²) in [5.74, 6) is 0. The molecule has 0 unspecified atom stereocenters. The summed E-state index contributed by atoms with van der Waals surface area (Å²) < 4.78 is 11.7. The fraction of sp³-hybridized carbons (Fsp3) is 0.333. The molecule has 0 saturated carbocycles. The lowest BCUT2D eigenvalue weighted by atomic mass is 10.2. The quantitative estimate of drug-likeness (QED) is 0.729. The lowest BCUT2D eigenvalue weighted by molar-refractivity contribution is 0.657. The fourth-order valence-electron chi connectivity index (χ4n) is 1.10. The molecule has 1 aromatic rings. The Labute approximate surface area is 88.3 Å². The molecular formula is C12H16OS. The molecule has 0 amide bonds. The van der Waals surface area contributed by atoms with Crippen LogP contribution in [0.15, 0.2) is 36.9 Å². The maximum Gasteiger partial charge on any atom is 0.0583 e. The maximum atomic E-state index is 12.0. The SMILES string of the molecule is C=C(c1ccccc1)[S@@](=O)C(C)(C)C. The van der Waals surface area contributed by atoms with E-state index in [-0.39, 0.29) is 4.75 Å². The highest BCUT2D eigenvalue weighted by molar-refractivity contribution is 7.95. The van der Waals surface area contributed by atoms with Gasteiger partial charge in [-0.3, -0.25) is 4.21 Å². The first-order chi connectivity index (χ1) is 6.43. The highest BCUT2D eigenvalue weighted by Gasteiger charge is 2.22. The molecule has 1 aromatic carbocycles. The van der Waals surface area contributed by atoms with Gasteiger partial charge in [-0.25, -0.2) is 0 Å². The van der Waals surface area contributed by atoms with Crippen molar-refractivity contribution in [3.63, 3.8) is 0 Å². The molecule has 14 heavy (non-hydrogen) atoms. The van der Waals surface area contributed by atoms with Crippen molar-refractivity contribution in [3.8, 4) is 0 Å². The summed E-state index contributed by atoms with van der Waals surface area (Å²) >= 11 is 0. The molecule has 0 aromatic heterocycles. The zero-order chi connectivity index (χ0) is 10.8. The predicted octanol–water partition coefficient (Wildman–Crippen LogP) is 3.20. The molecule has 0 aliphatic carbocycles. The van der Waals surface area contributed by atoms with Crippen LogP contribution in [-0.2, 0) is 10.8 Å². The number of benzene rings is 1. The second-order valence-electron chi connectivity index (χ2n) is 4.17. The lowest BCUT2D eigenvalue weighted by Crippen LogP contribution is -2.21. The molecule has 0 aliphatic rings. The van der Waals surface area contributed by atoms with E-state index in [1.165, 1.54) is 0 Å². The number of hydrogen-bond acceptors (Lipinski definition) is 1. The van der Waals surface area contributed by atoms with Crippen molar-refractivity contribution < 1.29 is 4.21 Å². The van der Waals surface area contributed by atoms with E-state index in [9.17, 15) is 4.21 Å². The van der Waals surface area contributed by atoms with Gasteiger partial charge in [0, 0.05) is 9.65 Å². The Morgan fingerprint density at radius 1 is 1.21 bits per heavy atom. The second kappa shape index (κ2) is 4.09. The van der Waals surface area contributed by atoms with Gasteiger partial charge in [-0.1, -0.05) is 36.9 Å². The molecule has 1 rings (SSSR count). The van der Waals surface area contributed by atoms with Gasteiger partial charge in [0.15, 0.2) is 0 Å². The highest BCUT2D eigenvalue weighted by Crippen LogP contribution is 2.24. The topological polar surface area (TPSA) is 17.1 Å². The minimum absolute atomic E-state index is 0.243. The van der Waals surface area contributed by atoms with Gasteiger partial charge >= 0.3 is 0 Å². The Balaban J connectivity index is 2.93. The van der Waals surface area contributed by atoms with E-state index in [4.69, 9.17) is 0 Å². The van der Waals surface area contributed by atoms with E-state index >= 15 is 0 Å². The highest BCUT2D eigenvalue weighted by atomic mass is 32.2. The normalized spacial score (nSPS) is 13.6. The summed E-state index contributed by atoms with van der Waals surface area (Å²) in [6.07, 6.45) is 0. The minimum Gasteiger partial charge on any atom is -0.254 e. The van der Waals surface area contributed by atoms with Crippen molar-refractivity contribution in [3.05, 3.63) is 42.5 Å². The van der Waals surface area contributed by atoms with Crippen LogP contribution in [0, 0.1) is 0 Å². The Hall–Kier alpha value is -0.890. The van der Waals surface area contributed by atoms with Crippen molar-refractivity contribution in [2.24, 2.45) is 0 Å². The molecule has 0 bridgehead atoms. The molecule has 0 N–H and O–H groups in total. The molecular weight excluding hydrogens is 192 g/mol. The minimum atomic E-state index is -1.03. The largest absolute Gasteiger partial charge is 0.254 e. The predicted molar refractivity (Wildman–Crippen MR) is 63.4 cm³/mol. The van der Waals surface area contributed by atoms with E-state index in [0.29, 0.717) is 4.91 Å². The van der Waals surface area contributed by atoms with Gasteiger partial charge in [-0.15, -0.1) is 0 Å². The molecule has 76 valence electrons. The van der Waals surface area contributed by atoms with Gasteiger partial charge in [0.25, 0.3) is 0 Å². The first kappa shape index (κ1) is 11.2. The van der Waals surface area contributed by atoms with Crippen molar-refractivity contribution in [1.29, 1.82) is 0 Å². The van der Waals surface area contributed by atoms with E-state index in [2.05, 4.69) is 6.58 Å². The van der Waals surface area contributed by atoms with E-state index in [1.54, 1.807) is 0 Å². The number of hydrogen-bond donors (Lipinski definition) is 0. The van der Waals surface area contributed by atoms with Crippen LogP contribution in [0.25, 0.3) is 4.91 Å². The van der Waals surface area contributed by atoms with Gasteiger partial charge in [0.2, 0.25) is 0 Å². The van der Waals surface area contributed by atoms with Crippen LogP contribution in [0.1, 0.15) is 26.3 Å². The van der Waals surface area contributed by atoms with Crippen LogP contribution in [0.3, 0.4) is 0 Å². The third kappa shape index (κ3) is 2.55. The third-order valence-electron chi connectivity index (χ3n) is 1.88. The summed E-state index contributed by atoms with van der Waals surface area (Å²) in [7, 11) is -1.03. The van der Waals surface area contributed by atoms with Gasteiger partial charge in [-0.05, 0) is 26.3 Å². The maximum absolute atomic E-state index is 12.0. The zero-order valence-corrected chi connectivity index (χ0v) is 9.73. The molecule has 0 radical (unpaired) electrons. The zero-order valence-electron chi connectivity index (χ0n) is 8.91. The van der Waals surface area contributed by atoms with Crippen molar-refractivity contribution >= 4 is 15.7 Å². The lowest BCUT2D eigenvalue weighted by Gasteiger charge is -2.19.